The van der Waals surface area contributed by atoms with E-state index < -0.39 is 6.09 Å². The first kappa shape index (κ1) is 7.34. The van der Waals surface area contributed by atoms with Gasteiger partial charge in [0.2, 0.25) is 0 Å². The number of rotatable bonds is 1. The largest absolute Gasteiger partial charge is 0.446 e. The fourth-order valence-electron chi connectivity index (χ4n) is 1.24. The maximum absolute atomic E-state index is 10.2. The third-order valence-electron chi connectivity index (χ3n) is 1.71. The first-order chi connectivity index (χ1) is 4.68. The maximum atomic E-state index is 10.2. The van der Waals surface area contributed by atoms with Gasteiger partial charge in [0, 0.05) is 6.04 Å². The molecule has 1 saturated carbocycles. The SMILES string of the molecule is NC(=O)OC1CCC(N)C1. The third-order valence-corrected chi connectivity index (χ3v) is 1.71. The first-order valence-electron chi connectivity index (χ1n) is 3.40. The number of ether oxygens (including phenoxy) is 1. The minimum absolute atomic E-state index is 0.0347. The normalized spacial score (nSPS) is 32.1. The molecule has 1 aliphatic rings. The molecule has 4 heteroatoms. The summed E-state index contributed by atoms with van der Waals surface area (Å²) in [6.07, 6.45) is 1.80. The average molecular weight is 144 g/mol. The van der Waals surface area contributed by atoms with Crippen molar-refractivity contribution in [3.63, 3.8) is 0 Å². The molecule has 0 spiro atoms. The van der Waals surface area contributed by atoms with Crippen LogP contribution in [0.4, 0.5) is 4.79 Å². The van der Waals surface area contributed by atoms with Gasteiger partial charge in [0.15, 0.2) is 0 Å². The molecule has 1 aliphatic carbocycles. The lowest BCUT2D eigenvalue weighted by Crippen LogP contribution is -2.22. The van der Waals surface area contributed by atoms with Crippen molar-refractivity contribution in [2.24, 2.45) is 11.5 Å². The molecule has 0 aromatic carbocycles. The van der Waals surface area contributed by atoms with Gasteiger partial charge in [-0.05, 0) is 19.3 Å². The van der Waals surface area contributed by atoms with Gasteiger partial charge in [-0.3, -0.25) is 0 Å². The Morgan fingerprint density at radius 2 is 2.20 bits per heavy atom. The molecule has 58 valence electrons. The zero-order chi connectivity index (χ0) is 7.56. The number of carbonyl (C=O) groups excluding carboxylic acids is 1. The summed E-state index contributed by atoms with van der Waals surface area (Å²) in [5.74, 6) is 0. The zero-order valence-electron chi connectivity index (χ0n) is 5.75. The summed E-state index contributed by atoms with van der Waals surface area (Å²) in [5.41, 5.74) is 10.4. The fourth-order valence-corrected chi connectivity index (χ4v) is 1.24. The highest BCUT2D eigenvalue weighted by Gasteiger charge is 2.23. The first-order valence-corrected chi connectivity index (χ1v) is 3.40. The third kappa shape index (κ3) is 1.88. The van der Waals surface area contributed by atoms with E-state index >= 15 is 0 Å². The molecule has 0 aromatic rings. The van der Waals surface area contributed by atoms with E-state index in [1.165, 1.54) is 0 Å². The molecule has 4 N–H and O–H groups in total. The van der Waals surface area contributed by atoms with E-state index in [1.807, 2.05) is 0 Å². The second-order valence-electron chi connectivity index (χ2n) is 2.63. The fraction of sp³-hybridized carbons (Fsp3) is 0.833. The van der Waals surface area contributed by atoms with Crippen LogP contribution in [0.5, 0.6) is 0 Å². The molecule has 4 nitrogen and oxygen atoms in total. The molecule has 2 unspecified atom stereocenters. The summed E-state index contributed by atoms with van der Waals surface area (Å²) in [6, 6.07) is 0.185. The minimum atomic E-state index is -0.695. The number of amides is 1. The van der Waals surface area contributed by atoms with Crippen molar-refractivity contribution < 1.29 is 9.53 Å². The van der Waals surface area contributed by atoms with Gasteiger partial charge in [-0.2, -0.15) is 0 Å². The van der Waals surface area contributed by atoms with Crippen molar-refractivity contribution >= 4 is 6.09 Å². The van der Waals surface area contributed by atoms with E-state index in [1.54, 1.807) is 0 Å². The van der Waals surface area contributed by atoms with Crippen LogP contribution >= 0.6 is 0 Å². The molecule has 1 rings (SSSR count). The van der Waals surface area contributed by atoms with Crippen LogP contribution in [0.25, 0.3) is 0 Å². The molecule has 10 heavy (non-hydrogen) atoms. The van der Waals surface area contributed by atoms with E-state index in [4.69, 9.17) is 16.2 Å². The Kier molecular flexibility index (Phi) is 2.11. The topological polar surface area (TPSA) is 78.3 Å². The minimum Gasteiger partial charge on any atom is -0.446 e. The van der Waals surface area contributed by atoms with Crippen LogP contribution in [0.2, 0.25) is 0 Å². The Balaban J connectivity index is 2.24. The van der Waals surface area contributed by atoms with Gasteiger partial charge in [0.05, 0.1) is 0 Å². The molecule has 0 aliphatic heterocycles. The highest BCUT2D eigenvalue weighted by atomic mass is 16.6. The number of carbonyl (C=O) groups is 1. The summed E-state index contributed by atoms with van der Waals surface area (Å²) < 4.78 is 4.74. The van der Waals surface area contributed by atoms with E-state index in [-0.39, 0.29) is 12.1 Å². The Morgan fingerprint density at radius 3 is 2.60 bits per heavy atom. The molecule has 0 aromatic heterocycles. The number of hydrogen-bond acceptors (Lipinski definition) is 3. The van der Waals surface area contributed by atoms with Gasteiger partial charge in [-0.1, -0.05) is 0 Å². The van der Waals surface area contributed by atoms with Gasteiger partial charge >= 0.3 is 6.09 Å². The van der Waals surface area contributed by atoms with Crippen LogP contribution in [-0.4, -0.2) is 18.2 Å². The number of primary amides is 1. The van der Waals surface area contributed by atoms with Crippen LogP contribution in [0.3, 0.4) is 0 Å². The molecule has 0 radical (unpaired) electrons. The van der Waals surface area contributed by atoms with Crippen molar-refractivity contribution in [3.05, 3.63) is 0 Å². The zero-order valence-corrected chi connectivity index (χ0v) is 5.75. The van der Waals surface area contributed by atoms with Crippen LogP contribution in [-0.2, 0) is 4.74 Å². The summed E-state index contributed by atoms with van der Waals surface area (Å²) >= 11 is 0. The lowest BCUT2D eigenvalue weighted by atomic mass is 10.3. The summed E-state index contributed by atoms with van der Waals surface area (Å²) in [6.45, 7) is 0. The Morgan fingerprint density at radius 1 is 1.50 bits per heavy atom. The molecule has 0 heterocycles. The van der Waals surface area contributed by atoms with Crippen molar-refractivity contribution in [1.29, 1.82) is 0 Å². The standard InChI is InChI=1S/C6H12N2O2/c7-4-1-2-5(3-4)10-6(8)9/h4-5H,1-3,7H2,(H2,8,9). The van der Waals surface area contributed by atoms with Crippen molar-refractivity contribution in [1.82, 2.24) is 0 Å². The highest BCUT2D eigenvalue weighted by molar-refractivity contribution is 5.64. The Labute approximate surface area is 59.5 Å². The van der Waals surface area contributed by atoms with Gasteiger partial charge in [-0.15, -0.1) is 0 Å². The smallest absolute Gasteiger partial charge is 0.404 e. The van der Waals surface area contributed by atoms with E-state index in [0.29, 0.717) is 0 Å². The molecular weight excluding hydrogens is 132 g/mol. The quantitative estimate of drug-likeness (QED) is 0.542. The van der Waals surface area contributed by atoms with Gasteiger partial charge in [-0.25, -0.2) is 4.79 Å². The molecule has 0 bridgehead atoms. The maximum Gasteiger partial charge on any atom is 0.404 e. The monoisotopic (exact) mass is 144 g/mol. The second-order valence-corrected chi connectivity index (χ2v) is 2.63. The van der Waals surface area contributed by atoms with Crippen LogP contribution < -0.4 is 11.5 Å². The van der Waals surface area contributed by atoms with E-state index in [9.17, 15) is 4.79 Å². The Hall–Kier alpha value is -0.770. The van der Waals surface area contributed by atoms with Gasteiger partial charge in [0.1, 0.15) is 6.10 Å². The predicted molar refractivity (Wildman–Crippen MR) is 36.3 cm³/mol. The predicted octanol–water partition coefficient (Wildman–Crippen LogP) is -0.0385. The van der Waals surface area contributed by atoms with Gasteiger partial charge in [0.25, 0.3) is 0 Å². The average Bonchev–Trinajstić information content (AvgIpc) is 2.13. The van der Waals surface area contributed by atoms with Gasteiger partial charge < -0.3 is 16.2 Å². The molecule has 1 fully saturated rings. The van der Waals surface area contributed by atoms with Crippen LogP contribution in [0, 0.1) is 0 Å². The van der Waals surface area contributed by atoms with Crippen molar-refractivity contribution in [3.8, 4) is 0 Å². The van der Waals surface area contributed by atoms with E-state index in [0.717, 1.165) is 19.3 Å². The van der Waals surface area contributed by atoms with Crippen molar-refractivity contribution in [2.75, 3.05) is 0 Å². The summed E-state index contributed by atoms with van der Waals surface area (Å²) in [7, 11) is 0. The van der Waals surface area contributed by atoms with Crippen LogP contribution in [0.1, 0.15) is 19.3 Å². The van der Waals surface area contributed by atoms with E-state index in [2.05, 4.69) is 0 Å². The number of hydrogen-bond donors (Lipinski definition) is 2. The molecular formula is C6H12N2O2. The summed E-state index contributed by atoms with van der Waals surface area (Å²) in [4.78, 5) is 10.2. The lowest BCUT2D eigenvalue weighted by molar-refractivity contribution is 0.109. The molecule has 0 saturated heterocycles. The number of nitrogens with two attached hydrogens (primary N) is 2. The summed E-state index contributed by atoms with van der Waals surface area (Å²) in [5, 5.41) is 0. The second kappa shape index (κ2) is 2.88. The highest BCUT2D eigenvalue weighted by Crippen LogP contribution is 2.19. The van der Waals surface area contributed by atoms with Crippen molar-refractivity contribution in [2.45, 2.75) is 31.4 Å². The molecule has 1 amide bonds. The molecule has 2 atom stereocenters. The van der Waals surface area contributed by atoms with Crippen LogP contribution in [0.15, 0.2) is 0 Å². The lowest BCUT2D eigenvalue weighted by Gasteiger charge is -2.07. The Bertz CT molecular complexity index is 138.